The Morgan fingerprint density at radius 2 is 1.91 bits per heavy atom. The van der Waals surface area contributed by atoms with Crippen LogP contribution in [-0.2, 0) is 6.54 Å². The predicted molar refractivity (Wildman–Crippen MR) is 84.5 cm³/mol. The molecule has 0 aliphatic heterocycles. The summed E-state index contributed by atoms with van der Waals surface area (Å²) in [6.07, 6.45) is 1.79. The lowest BCUT2D eigenvalue weighted by Crippen LogP contribution is -2.04. The molecule has 1 heterocycles. The van der Waals surface area contributed by atoms with Crippen molar-refractivity contribution in [2.75, 3.05) is 6.61 Å². The molecule has 3 aromatic rings. The van der Waals surface area contributed by atoms with Crippen molar-refractivity contribution in [2.45, 2.75) is 19.6 Å². The van der Waals surface area contributed by atoms with Gasteiger partial charge in [-0.3, -0.25) is 0 Å². The second-order valence-corrected chi connectivity index (χ2v) is 5.26. The highest BCUT2D eigenvalue weighted by Crippen LogP contribution is 2.26. The van der Waals surface area contributed by atoms with Crippen LogP contribution in [0.2, 0.25) is 0 Å². The van der Waals surface area contributed by atoms with E-state index >= 15 is 0 Å². The van der Waals surface area contributed by atoms with Crippen LogP contribution in [0, 0.1) is 5.82 Å². The van der Waals surface area contributed by atoms with Crippen LogP contribution in [0.25, 0.3) is 10.9 Å². The second kappa shape index (κ2) is 6.20. The molecule has 0 amide bonds. The summed E-state index contributed by atoms with van der Waals surface area (Å²) in [5, 5.41) is 10.2. The number of halogens is 1. The average molecular weight is 299 g/mol. The van der Waals surface area contributed by atoms with Gasteiger partial charge in [0, 0.05) is 18.8 Å². The average Bonchev–Trinajstić information content (AvgIpc) is 2.91. The third-order valence-corrected chi connectivity index (χ3v) is 3.74. The number of benzene rings is 2. The van der Waals surface area contributed by atoms with Crippen LogP contribution in [-0.4, -0.2) is 16.3 Å². The fourth-order valence-electron chi connectivity index (χ4n) is 2.55. The second-order valence-electron chi connectivity index (χ2n) is 5.26. The van der Waals surface area contributed by atoms with Crippen LogP contribution in [0.5, 0.6) is 5.75 Å². The zero-order valence-corrected chi connectivity index (χ0v) is 12.4. The van der Waals surface area contributed by atoms with Gasteiger partial charge in [-0.15, -0.1) is 0 Å². The van der Waals surface area contributed by atoms with Gasteiger partial charge in [-0.2, -0.15) is 0 Å². The molecule has 0 aliphatic rings. The first-order valence-corrected chi connectivity index (χ1v) is 7.29. The first kappa shape index (κ1) is 14.6. The topological polar surface area (TPSA) is 34.4 Å². The van der Waals surface area contributed by atoms with Crippen LogP contribution in [0.15, 0.2) is 54.7 Å². The monoisotopic (exact) mass is 299 g/mol. The highest BCUT2D eigenvalue weighted by Gasteiger charge is 2.09. The van der Waals surface area contributed by atoms with Crippen molar-refractivity contribution >= 4 is 10.9 Å². The summed E-state index contributed by atoms with van der Waals surface area (Å²) >= 11 is 0. The molecule has 0 saturated heterocycles. The van der Waals surface area contributed by atoms with Crippen LogP contribution in [0.3, 0.4) is 0 Å². The van der Waals surface area contributed by atoms with E-state index in [4.69, 9.17) is 9.84 Å². The van der Waals surface area contributed by atoms with Gasteiger partial charge >= 0.3 is 0 Å². The lowest BCUT2D eigenvalue weighted by atomic mass is 10.1. The standard InChI is InChI=1S/C18H18FNO2/c1-13(14-2-5-16(19)6-3-14)22-17-7-4-15-8-9-20(10-11-21)18(15)12-17/h2-9,12-13,21H,10-11H2,1H3. The highest BCUT2D eigenvalue weighted by molar-refractivity contribution is 5.81. The molecule has 1 N–H and O–H groups in total. The van der Waals surface area contributed by atoms with Crippen LogP contribution in [0.4, 0.5) is 4.39 Å². The lowest BCUT2D eigenvalue weighted by Gasteiger charge is -2.15. The maximum Gasteiger partial charge on any atom is 0.123 e. The zero-order valence-electron chi connectivity index (χ0n) is 12.4. The molecule has 0 bridgehead atoms. The quantitative estimate of drug-likeness (QED) is 0.775. The van der Waals surface area contributed by atoms with E-state index in [0.29, 0.717) is 6.54 Å². The van der Waals surface area contributed by atoms with E-state index < -0.39 is 0 Å². The molecule has 0 spiro atoms. The number of rotatable bonds is 5. The Morgan fingerprint density at radius 1 is 1.14 bits per heavy atom. The fourth-order valence-corrected chi connectivity index (χ4v) is 2.55. The summed E-state index contributed by atoms with van der Waals surface area (Å²) in [4.78, 5) is 0. The van der Waals surface area contributed by atoms with Gasteiger partial charge in [0.1, 0.15) is 17.7 Å². The molecule has 22 heavy (non-hydrogen) atoms. The van der Waals surface area contributed by atoms with Crippen LogP contribution >= 0.6 is 0 Å². The first-order valence-electron chi connectivity index (χ1n) is 7.29. The van der Waals surface area contributed by atoms with Crippen LogP contribution in [0.1, 0.15) is 18.6 Å². The van der Waals surface area contributed by atoms with Gasteiger partial charge in [0.15, 0.2) is 0 Å². The van der Waals surface area contributed by atoms with Gasteiger partial charge < -0.3 is 14.4 Å². The minimum atomic E-state index is -0.251. The fraction of sp³-hybridized carbons (Fsp3) is 0.222. The third kappa shape index (κ3) is 2.97. The highest BCUT2D eigenvalue weighted by atomic mass is 19.1. The van der Waals surface area contributed by atoms with Crippen molar-refractivity contribution in [3.63, 3.8) is 0 Å². The molecule has 0 saturated carbocycles. The van der Waals surface area contributed by atoms with Gasteiger partial charge in [-0.1, -0.05) is 12.1 Å². The number of hydrogen-bond donors (Lipinski definition) is 1. The Kier molecular flexibility index (Phi) is 4.11. The number of nitrogens with zero attached hydrogens (tertiary/aromatic N) is 1. The molecule has 0 radical (unpaired) electrons. The van der Waals surface area contributed by atoms with Crippen molar-refractivity contribution in [3.8, 4) is 5.75 Å². The van der Waals surface area contributed by atoms with Gasteiger partial charge in [0.25, 0.3) is 0 Å². The molecule has 114 valence electrons. The van der Waals surface area contributed by atoms with Gasteiger partial charge in [0.2, 0.25) is 0 Å². The molecular formula is C18H18FNO2. The zero-order chi connectivity index (χ0) is 15.5. The minimum absolute atomic E-state index is 0.0981. The van der Waals surface area contributed by atoms with Crippen molar-refractivity contribution in [3.05, 3.63) is 66.1 Å². The largest absolute Gasteiger partial charge is 0.486 e. The summed E-state index contributed by atoms with van der Waals surface area (Å²) in [5.74, 6) is 0.501. The molecule has 4 heteroatoms. The van der Waals surface area contributed by atoms with E-state index in [-0.39, 0.29) is 18.5 Å². The maximum absolute atomic E-state index is 13.0. The minimum Gasteiger partial charge on any atom is -0.486 e. The van der Waals surface area contributed by atoms with E-state index in [1.165, 1.54) is 12.1 Å². The van der Waals surface area contributed by atoms with Gasteiger partial charge in [-0.05, 0) is 48.2 Å². The number of aromatic nitrogens is 1. The summed E-state index contributed by atoms with van der Waals surface area (Å²) in [7, 11) is 0. The number of hydrogen-bond acceptors (Lipinski definition) is 2. The molecule has 0 aliphatic carbocycles. The van der Waals surface area contributed by atoms with E-state index in [2.05, 4.69) is 0 Å². The molecule has 2 aromatic carbocycles. The molecule has 0 fully saturated rings. The van der Waals surface area contributed by atoms with Gasteiger partial charge in [-0.25, -0.2) is 4.39 Å². The lowest BCUT2D eigenvalue weighted by molar-refractivity contribution is 0.227. The summed E-state index contributed by atoms with van der Waals surface area (Å²) in [6, 6.07) is 14.2. The Bertz CT molecular complexity index is 764. The normalized spacial score (nSPS) is 12.5. The smallest absolute Gasteiger partial charge is 0.123 e. The van der Waals surface area contributed by atoms with E-state index in [0.717, 1.165) is 22.2 Å². The molecule has 3 nitrogen and oxygen atoms in total. The molecule has 1 aromatic heterocycles. The maximum atomic E-state index is 13.0. The molecular weight excluding hydrogens is 281 g/mol. The summed E-state index contributed by atoms with van der Waals surface area (Å²) < 4.78 is 20.9. The first-order chi connectivity index (χ1) is 10.7. The van der Waals surface area contributed by atoms with Crippen LogP contribution < -0.4 is 4.74 Å². The Hall–Kier alpha value is -2.33. The van der Waals surface area contributed by atoms with E-state index in [9.17, 15) is 4.39 Å². The van der Waals surface area contributed by atoms with Crippen molar-refractivity contribution in [2.24, 2.45) is 0 Å². The van der Waals surface area contributed by atoms with E-state index in [1.54, 1.807) is 12.1 Å². The molecule has 1 unspecified atom stereocenters. The Morgan fingerprint density at radius 3 is 2.64 bits per heavy atom. The third-order valence-electron chi connectivity index (χ3n) is 3.74. The SMILES string of the molecule is CC(Oc1ccc2ccn(CCO)c2c1)c1ccc(F)cc1. The van der Waals surface area contributed by atoms with E-state index in [1.807, 2.05) is 42.0 Å². The summed E-state index contributed by atoms with van der Waals surface area (Å²) in [6.45, 7) is 2.59. The number of aliphatic hydroxyl groups is 1. The summed E-state index contributed by atoms with van der Waals surface area (Å²) in [5.41, 5.74) is 1.95. The molecule has 1 atom stereocenters. The molecule has 3 rings (SSSR count). The van der Waals surface area contributed by atoms with Crippen molar-refractivity contribution in [1.82, 2.24) is 4.57 Å². The van der Waals surface area contributed by atoms with Crippen molar-refractivity contribution < 1.29 is 14.2 Å². The Labute approximate surface area is 128 Å². The number of fused-ring (bicyclic) bond motifs is 1. The predicted octanol–water partition coefficient (Wildman–Crippen LogP) is 3.91. The Balaban J connectivity index is 1.83. The van der Waals surface area contributed by atoms with Crippen molar-refractivity contribution in [1.29, 1.82) is 0 Å². The number of ether oxygens (including phenoxy) is 1. The van der Waals surface area contributed by atoms with Gasteiger partial charge in [0.05, 0.1) is 12.1 Å². The number of aliphatic hydroxyl groups excluding tert-OH is 1.